The van der Waals surface area contributed by atoms with E-state index in [9.17, 15) is 9.90 Å². The van der Waals surface area contributed by atoms with Crippen molar-refractivity contribution in [1.82, 2.24) is 10.1 Å². The van der Waals surface area contributed by atoms with Crippen LogP contribution in [0.5, 0.6) is 0 Å². The van der Waals surface area contributed by atoms with Crippen LogP contribution in [0.3, 0.4) is 0 Å². The van der Waals surface area contributed by atoms with Gasteiger partial charge in [-0.3, -0.25) is 15.0 Å². The van der Waals surface area contributed by atoms with Crippen molar-refractivity contribution >= 4 is 11.8 Å². The fourth-order valence-electron chi connectivity index (χ4n) is 1.96. The number of carbonyl (C=O) groups is 1. The second-order valence-corrected chi connectivity index (χ2v) is 5.00. The van der Waals surface area contributed by atoms with Crippen molar-refractivity contribution in [1.29, 1.82) is 0 Å². The number of nitrogens with zero attached hydrogens (tertiary/aromatic N) is 2. The molecule has 0 spiro atoms. The Morgan fingerprint density at radius 2 is 2.50 bits per heavy atom. The highest BCUT2D eigenvalue weighted by atomic mass is 16.5. The lowest BCUT2D eigenvalue weighted by molar-refractivity contribution is -0.117. The van der Waals surface area contributed by atoms with Crippen LogP contribution in [0.15, 0.2) is 10.6 Å². The predicted octanol–water partition coefficient (Wildman–Crippen LogP) is 0.803. The van der Waals surface area contributed by atoms with Gasteiger partial charge in [-0.15, -0.1) is 0 Å². The van der Waals surface area contributed by atoms with Crippen LogP contribution in [0.1, 0.15) is 31.9 Å². The lowest BCUT2D eigenvalue weighted by atomic mass is 10.1. The Bertz CT molecular complexity index is 416. The molecule has 1 aliphatic rings. The molecular formula is C12H19N3O3. The van der Waals surface area contributed by atoms with E-state index in [0.29, 0.717) is 12.4 Å². The fraction of sp³-hybridized carbons (Fsp3) is 0.667. The first-order valence-electron chi connectivity index (χ1n) is 6.21. The van der Waals surface area contributed by atoms with Crippen molar-refractivity contribution < 1.29 is 14.4 Å². The Hall–Kier alpha value is -1.40. The summed E-state index contributed by atoms with van der Waals surface area (Å²) in [4.78, 5) is 13.6. The molecule has 1 aromatic rings. The van der Waals surface area contributed by atoms with Crippen LogP contribution in [0.2, 0.25) is 0 Å². The molecular weight excluding hydrogens is 234 g/mol. The first-order valence-corrected chi connectivity index (χ1v) is 6.21. The van der Waals surface area contributed by atoms with Gasteiger partial charge >= 0.3 is 0 Å². The van der Waals surface area contributed by atoms with Gasteiger partial charge in [0.05, 0.1) is 18.3 Å². The van der Waals surface area contributed by atoms with Crippen molar-refractivity contribution in [3.8, 4) is 0 Å². The molecule has 0 radical (unpaired) electrons. The maximum absolute atomic E-state index is 11.7. The van der Waals surface area contributed by atoms with Gasteiger partial charge < -0.3 is 9.63 Å². The number of β-amino-alcohol motifs (C(OH)–C–C–N with tert-alkyl or cyclic N) is 1. The van der Waals surface area contributed by atoms with Gasteiger partial charge in [-0.25, -0.2) is 0 Å². The molecule has 1 saturated heterocycles. The maximum atomic E-state index is 11.7. The fourth-order valence-corrected chi connectivity index (χ4v) is 1.96. The number of hydrogen-bond donors (Lipinski definition) is 2. The number of likely N-dealkylation sites (tertiary alicyclic amines) is 1. The van der Waals surface area contributed by atoms with E-state index in [-0.39, 0.29) is 24.5 Å². The number of aromatic nitrogens is 1. The molecule has 1 atom stereocenters. The Morgan fingerprint density at radius 1 is 1.72 bits per heavy atom. The Kier molecular flexibility index (Phi) is 3.98. The summed E-state index contributed by atoms with van der Waals surface area (Å²) in [6.45, 7) is 5.60. The lowest BCUT2D eigenvalue weighted by Gasteiger charge is -2.13. The van der Waals surface area contributed by atoms with Gasteiger partial charge in [0.2, 0.25) is 11.8 Å². The molecule has 1 amide bonds. The molecule has 1 aromatic heterocycles. The highest BCUT2D eigenvalue weighted by Crippen LogP contribution is 2.17. The quantitative estimate of drug-likeness (QED) is 0.830. The number of aliphatic hydroxyl groups is 1. The topological polar surface area (TPSA) is 78.6 Å². The molecule has 0 saturated carbocycles. The molecule has 6 heteroatoms. The van der Waals surface area contributed by atoms with Crippen LogP contribution in [0.25, 0.3) is 0 Å². The average Bonchev–Trinajstić information content (AvgIpc) is 2.88. The van der Waals surface area contributed by atoms with Gasteiger partial charge in [0.15, 0.2) is 0 Å². The molecule has 2 heterocycles. The van der Waals surface area contributed by atoms with E-state index in [0.717, 1.165) is 18.7 Å². The molecule has 1 aliphatic heterocycles. The summed E-state index contributed by atoms with van der Waals surface area (Å²) in [5.41, 5.74) is 0.821. The minimum absolute atomic E-state index is 0.143. The van der Waals surface area contributed by atoms with Gasteiger partial charge in [0.25, 0.3) is 0 Å². The van der Waals surface area contributed by atoms with Crippen molar-refractivity contribution in [2.45, 2.75) is 32.3 Å². The van der Waals surface area contributed by atoms with Crippen LogP contribution in [-0.4, -0.2) is 46.8 Å². The number of rotatable bonds is 4. The largest absolute Gasteiger partial charge is 0.392 e. The van der Waals surface area contributed by atoms with Gasteiger partial charge in [-0.1, -0.05) is 19.0 Å². The minimum Gasteiger partial charge on any atom is -0.392 e. The van der Waals surface area contributed by atoms with E-state index in [1.807, 2.05) is 18.7 Å². The monoisotopic (exact) mass is 253 g/mol. The number of nitrogens with one attached hydrogen (secondary N) is 1. The molecule has 0 aromatic carbocycles. The molecule has 2 rings (SSSR count). The van der Waals surface area contributed by atoms with Gasteiger partial charge in [0, 0.05) is 19.2 Å². The second-order valence-electron chi connectivity index (χ2n) is 5.00. The molecule has 18 heavy (non-hydrogen) atoms. The smallest absolute Gasteiger partial charge is 0.240 e. The molecule has 2 N–H and O–H groups in total. The zero-order valence-corrected chi connectivity index (χ0v) is 10.7. The average molecular weight is 253 g/mol. The molecule has 6 nitrogen and oxygen atoms in total. The SMILES string of the molecule is CC(C)c1cc(NC(=O)CN2CC[C@@H](O)C2)on1. The van der Waals surface area contributed by atoms with Crippen LogP contribution < -0.4 is 5.32 Å². The summed E-state index contributed by atoms with van der Waals surface area (Å²) in [7, 11) is 0. The number of aliphatic hydroxyl groups excluding tert-OH is 1. The van der Waals surface area contributed by atoms with Crippen molar-refractivity contribution in [3.63, 3.8) is 0 Å². The van der Waals surface area contributed by atoms with E-state index in [2.05, 4.69) is 10.5 Å². The zero-order valence-electron chi connectivity index (χ0n) is 10.7. The Morgan fingerprint density at radius 3 is 3.06 bits per heavy atom. The summed E-state index contributed by atoms with van der Waals surface area (Å²) in [5.74, 6) is 0.507. The lowest BCUT2D eigenvalue weighted by Crippen LogP contribution is -2.32. The van der Waals surface area contributed by atoms with Crippen LogP contribution >= 0.6 is 0 Å². The molecule has 0 bridgehead atoms. The van der Waals surface area contributed by atoms with E-state index in [1.165, 1.54) is 0 Å². The highest BCUT2D eigenvalue weighted by molar-refractivity contribution is 5.91. The van der Waals surface area contributed by atoms with Crippen LogP contribution in [-0.2, 0) is 4.79 Å². The van der Waals surface area contributed by atoms with E-state index < -0.39 is 0 Å². The third-order valence-corrected chi connectivity index (χ3v) is 3.00. The summed E-state index contributed by atoms with van der Waals surface area (Å²) in [6, 6.07) is 1.74. The normalized spacial score (nSPS) is 20.6. The first-order chi connectivity index (χ1) is 8.54. The molecule has 1 fully saturated rings. The third kappa shape index (κ3) is 3.30. The number of amides is 1. The van der Waals surface area contributed by atoms with Gasteiger partial charge in [0.1, 0.15) is 0 Å². The van der Waals surface area contributed by atoms with E-state index >= 15 is 0 Å². The standard InChI is InChI=1S/C12H19N3O3/c1-8(2)10-5-12(18-14-10)13-11(17)7-15-4-3-9(16)6-15/h5,8-9,16H,3-4,6-7H2,1-2H3,(H,13,17)/t9-/m1/s1. The number of anilines is 1. The summed E-state index contributed by atoms with van der Waals surface area (Å²) in [5, 5.41) is 15.9. The van der Waals surface area contributed by atoms with Crippen LogP contribution in [0.4, 0.5) is 5.88 Å². The minimum atomic E-state index is -0.310. The third-order valence-electron chi connectivity index (χ3n) is 3.00. The molecule has 0 aliphatic carbocycles. The predicted molar refractivity (Wildman–Crippen MR) is 66.3 cm³/mol. The summed E-state index contributed by atoms with van der Waals surface area (Å²) < 4.78 is 5.03. The van der Waals surface area contributed by atoms with Crippen molar-refractivity contribution in [2.75, 3.05) is 25.0 Å². The Balaban J connectivity index is 1.83. The van der Waals surface area contributed by atoms with Crippen molar-refractivity contribution in [2.24, 2.45) is 0 Å². The summed E-state index contributed by atoms with van der Waals surface area (Å²) in [6.07, 6.45) is 0.420. The number of carbonyl (C=O) groups excluding carboxylic acids is 1. The number of hydrogen-bond acceptors (Lipinski definition) is 5. The summed E-state index contributed by atoms with van der Waals surface area (Å²) >= 11 is 0. The van der Waals surface area contributed by atoms with Gasteiger partial charge in [-0.2, -0.15) is 0 Å². The van der Waals surface area contributed by atoms with E-state index in [4.69, 9.17) is 4.52 Å². The maximum Gasteiger partial charge on any atom is 0.240 e. The second kappa shape index (κ2) is 5.49. The first kappa shape index (κ1) is 13.0. The van der Waals surface area contributed by atoms with Crippen LogP contribution in [0, 0.1) is 0 Å². The Labute approximate surface area is 106 Å². The van der Waals surface area contributed by atoms with E-state index in [1.54, 1.807) is 6.07 Å². The zero-order chi connectivity index (χ0) is 13.1. The molecule has 0 unspecified atom stereocenters. The molecule has 100 valence electrons. The van der Waals surface area contributed by atoms with Gasteiger partial charge in [-0.05, 0) is 12.3 Å². The van der Waals surface area contributed by atoms with Crippen molar-refractivity contribution in [3.05, 3.63) is 11.8 Å². The highest BCUT2D eigenvalue weighted by Gasteiger charge is 2.22.